The summed E-state index contributed by atoms with van der Waals surface area (Å²) in [5, 5.41) is 0. The minimum atomic E-state index is -1.37. The average Bonchev–Trinajstić information content (AvgIpc) is 2.28. The molecule has 0 aliphatic carbocycles. The highest BCUT2D eigenvalue weighted by molar-refractivity contribution is 6.71. The van der Waals surface area contributed by atoms with E-state index in [0.29, 0.717) is 6.61 Å². The molecule has 3 nitrogen and oxygen atoms in total. The Morgan fingerprint density at radius 1 is 1.18 bits per heavy atom. The highest BCUT2D eigenvalue weighted by Gasteiger charge is 2.18. The van der Waals surface area contributed by atoms with Gasteiger partial charge in [-0.3, -0.25) is 0 Å². The van der Waals surface area contributed by atoms with Crippen LogP contribution >= 0.6 is 0 Å². The van der Waals surface area contributed by atoms with E-state index in [2.05, 4.69) is 13.1 Å². The summed E-state index contributed by atoms with van der Waals surface area (Å²) in [5.74, 6) is -0.236. The number of allylic oxidation sites excluding steroid dienone is 1. The first-order chi connectivity index (χ1) is 8.02. The standard InChI is InChI=1S/C13H26O3Si/c1-5-10-13(14)16-11-8-6-7-9-12-17(3,4)15-2/h5,10H,6-9,11-12H2,1-4H3. The molecule has 0 rings (SSSR count). The summed E-state index contributed by atoms with van der Waals surface area (Å²) in [6.45, 7) is 6.83. The summed E-state index contributed by atoms with van der Waals surface area (Å²) in [7, 11) is 0.444. The van der Waals surface area contributed by atoms with E-state index < -0.39 is 8.32 Å². The second-order valence-electron chi connectivity index (χ2n) is 4.80. The number of hydrogen-bond donors (Lipinski definition) is 0. The molecule has 4 heteroatoms. The predicted octanol–water partition coefficient (Wildman–Crippen LogP) is 3.52. The van der Waals surface area contributed by atoms with E-state index in [1.54, 1.807) is 6.08 Å². The van der Waals surface area contributed by atoms with Gasteiger partial charge in [-0.15, -0.1) is 0 Å². The predicted molar refractivity (Wildman–Crippen MR) is 73.5 cm³/mol. The zero-order valence-corrected chi connectivity index (χ0v) is 12.6. The summed E-state index contributed by atoms with van der Waals surface area (Å²) >= 11 is 0. The number of hydrogen-bond acceptors (Lipinski definition) is 3. The van der Waals surface area contributed by atoms with Crippen molar-refractivity contribution in [2.75, 3.05) is 13.7 Å². The fourth-order valence-electron chi connectivity index (χ4n) is 1.47. The Morgan fingerprint density at radius 3 is 2.41 bits per heavy atom. The molecule has 100 valence electrons. The monoisotopic (exact) mass is 258 g/mol. The Balaban J connectivity index is 3.33. The zero-order chi connectivity index (χ0) is 13.1. The Kier molecular flexibility index (Phi) is 9.08. The topological polar surface area (TPSA) is 35.5 Å². The van der Waals surface area contributed by atoms with Crippen LogP contribution in [-0.2, 0) is 14.0 Å². The molecule has 0 heterocycles. The van der Waals surface area contributed by atoms with Crippen LogP contribution in [0.1, 0.15) is 32.6 Å². The molecule has 0 fully saturated rings. The lowest BCUT2D eigenvalue weighted by atomic mass is 10.2. The third-order valence-corrected chi connectivity index (χ3v) is 5.44. The van der Waals surface area contributed by atoms with Crippen molar-refractivity contribution in [1.82, 2.24) is 0 Å². The Morgan fingerprint density at radius 2 is 1.82 bits per heavy atom. The molecule has 0 aliphatic rings. The first kappa shape index (κ1) is 16.4. The third kappa shape index (κ3) is 10.3. The van der Waals surface area contributed by atoms with Gasteiger partial charge in [-0.05, 0) is 32.5 Å². The van der Waals surface area contributed by atoms with E-state index >= 15 is 0 Å². The third-order valence-electron chi connectivity index (χ3n) is 2.77. The van der Waals surface area contributed by atoms with Gasteiger partial charge in [0, 0.05) is 13.2 Å². The number of carbonyl (C=O) groups excluding carboxylic acids is 1. The minimum Gasteiger partial charge on any atom is -0.463 e. The van der Waals surface area contributed by atoms with Gasteiger partial charge >= 0.3 is 5.97 Å². The van der Waals surface area contributed by atoms with E-state index in [4.69, 9.17) is 9.16 Å². The molecule has 0 aromatic rings. The first-order valence-corrected chi connectivity index (χ1v) is 9.48. The van der Waals surface area contributed by atoms with Gasteiger partial charge in [0.25, 0.3) is 0 Å². The normalized spacial score (nSPS) is 12.0. The fraction of sp³-hybridized carbons (Fsp3) is 0.769. The summed E-state index contributed by atoms with van der Waals surface area (Å²) < 4.78 is 10.5. The highest BCUT2D eigenvalue weighted by Crippen LogP contribution is 2.15. The first-order valence-electron chi connectivity index (χ1n) is 6.36. The number of unbranched alkanes of at least 4 members (excludes halogenated alkanes) is 3. The number of rotatable bonds is 9. The molecule has 0 aliphatic heterocycles. The van der Waals surface area contributed by atoms with Crippen molar-refractivity contribution in [3.8, 4) is 0 Å². The Hall–Kier alpha value is -0.613. The molecule has 0 aromatic carbocycles. The van der Waals surface area contributed by atoms with Gasteiger partial charge in [0.2, 0.25) is 0 Å². The van der Waals surface area contributed by atoms with E-state index in [-0.39, 0.29) is 5.97 Å². The van der Waals surface area contributed by atoms with E-state index in [9.17, 15) is 4.79 Å². The minimum absolute atomic E-state index is 0.236. The maximum Gasteiger partial charge on any atom is 0.330 e. The van der Waals surface area contributed by atoms with Gasteiger partial charge < -0.3 is 9.16 Å². The van der Waals surface area contributed by atoms with Crippen LogP contribution in [0, 0.1) is 0 Å². The molecule has 0 radical (unpaired) electrons. The SMILES string of the molecule is CC=CC(=O)OCCCCCC[Si](C)(C)OC. The van der Waals surface area contributed by atoms with Gasteiger partial charge in [0.1, 0.15) is 0 Å². The van der Waals surface area contributed by atoms with Crippen molar-refractivity contribution in [2.45, 2.75) is 51.7 Å². The maximum absolute atomic E-state index is 11.0. The maximum atomic E-state index is 11.0. The molecular formula is C13H26O3Si. The smallest absolute Gasteiger partial charge is 0.330 e. The molecule has 0 saturated carbocycles. The van der Waals surface area contributed by atoms with Crippen molar-refractivity contribution in [3.63, 3.8) is 0 Å². The molecule has 0 saturated heterocycles. The average molecular weight is 258 g/mol. The van der Waals surface area contributed by atoms with Gasteiger partial charge in [0.05, 0.1) is 6.61 Å². The molecule has 0 N–H and O–H groups in total. The van der Waals surface area contributed by atoms with Gasteiger partial charge in [-0.1, -0.05) is 25.3 Å². The van der Waals surface area contributed by atoms with Crippen LogP contribution in [0.2, 0.25) is 19.1 Å². The van der Waals surface area contributed by atoms with Crippen molar-refractivity contribution >= 4 is 14.3 Å². The summed E-state index contributed by atoms with van der Waals surface area (Å²) in [6.07, 6.45) is 7.64. The quantitative estimate of drug-likeness (QED) is 0.275. The van der Waals surface area contributed by atoms with Crippen LogP contribution in [-0.4, -0.2) is 28.0 Å². The lowest BCUT2D eigenvalue weighted by Crippen LogP contribution is -2.27. The molecule has 0 unspecified atom stereocenters. The van der Waals surface area contributed by atoms with Crippen molar-refractivity contribution in [1.29, 1.82) is 0 Å². The van der Waals surface area contributed by atoms with Crippen LogP contribution < -0.4 is 0 Å². The van der Waals surface area contributed by atoms with Gasteiger partial charge in [-0.25, -0.2) is 4.79 Å². The second kappa shape index (κ2) is 9.42. The second-order valence-corrected chi connectivity index (χ2v) is 9.22. The molecule has 0 atom stereocenters. The van der Waals surface area contributed by atoms with Crippen LogP contribution in [0.3, 0.4) is 0 Å². The lowest BCUT2D eigenvalue weighted by molar-refractivity contribution is -0.137. The van der Waals surface area contributed by atoms with Gasteiger partial charge in [-0.2, -0.15) is 0 Å². The molecule has 17 heavy (non-hydrogen) atoms. The van der Waals surface area contributed by atoms with Crippen molar-refractivity contribution in [2.24, 2.45) is 0 Å². The summed E-state index contributed by atoms with van der Waals surface area (Å²) in [4.78, 5) is 11.0. The Labute approximate surface area is 106 Å². The van der Waals surface area contributed by atoms with Crippen LogP contribution in [0.25, 0.3) is 0 Å². The molecule has 0 spiro atoms. The molecule has 0 bridgehead atoms. The number of ether oxygens (including phenoxy) is 1. The number of carbonyl (C=O) groups is 1. The van der Waals surface area contributed by atoms with Crippen molar-refractivity contribution < 1.29 is 14.0 Å². The molecular weight excluding hydrogens is 232 g/mol. The van der Waals surface area contributed by atoms with E-state index in [1.165, 1.54) is 25.0 Å². The largest absolute Gasteiger partial charge is 0.463 e. The van der Waals surface area contributed by atoms with Crippen molar-refractivity contribution in [3.05, 3.63) is 12.2 Å². The van der Waals surface area contributed by atoms with Crippen LogP contribution in [0.4, 0.5) is 0 Å². The Bertz CT molecular complexity index is 237. The highest BCUT2D eigenvalue weighted by atomic mass is 28.4. The molecule has 0 amide bonds. The summed E-state index contributed by atoms with van der Waals surface area (Å²) in [5.41, 5.74) is 0. The van der Waals surface area contributed by atoms with E-state index in [0.717, 1.165) is 12.8 Å². The van der Waals surface area contributed by atoms with Crippen LogP contribution in [0.5, 0.6) is 0 Å². The van der Waals surface area contributed by atoms with E-state index in [1.807, 2.05) is 14.0 Å². The van der Waals surface area contributed by atoms with Gasteiger partial charge in [0.15, 0.2) is 8.32 Å². The van der Waals surface area contributed by atoms with Crippen LogP contribution in [0.15, 0.2) is 12.2 Å². The zero-order valence-electron chi connectivity index (χ0n) is 11.6. The lowest BCUT2D eigenvalue weighted by Gasteiger charge is -2.19. The summed E-state index contributed by atoms with van der Waals surface area (Å²) in [6, 6.07) is 1.21. The fourth-order valence-corrected chi connectivity index (χ4v) is 2.77. The number of esters is 1. The molecule has 0 aromatic heterocycles.